The van der Waals surface area contributed by atoms with Gasteiger partial charge in [-0.1, -0.05) is 19.7 Å². The molecule has 15 heavy (non-hydrogen) atoms. The summed E-state index contributed by atoms with van der Waals surface area (Å²) in [6.07, 6.45) is 5.82. The number of quaternary nitrogens is 1. The van der Waals surface area contributed by atoms with Crippen LogP contribution in [0.25, 0.3) is 0 Å². The maximum absolute atomic E-state index is 11.8. The van der Waals surface area contributed by atoms with E-state index in [9.17, 15) is 4.79 Å². The molecule has 1 aliphatic heterocycles. The molecule has 1 amide bonds. The molecule has 3 nitrogen and oxygen atoms in total. The van der Waals surface area contributed by atoms with Gasteiger partial charge >= 0.3 is 0 Å². The van der Waals surface area contributed by atoms with Gasteiger partial charge in [-0.3, -0.25) is 9.52 Å². The van der Waals surface area contributed by atoms with Crippen molar-refractivity contribution in [1.29, 1.82) is 0 Å². The number of amides is 1. The zero-order chi connectivity index (χ0) is 11.3. The molecule has 0 saturated carbocycles. The summed E-state index contributed by atoms with van der Waals surface area (Å²) in [5, 5.41) is 0. The molecule has 1 rings (SSSR count). The van der Waals surface area contributed by atoms with Gasteiger partial charge in [0.2, 0.25) is 0 Å². The van der Waals surface area contributed by atoms with E-state index < -0.39 is 0 Å². The molecule has 88 valence electrons. The highest BCUT2D eigenvalue weighted by atomic mass is 32.1. The molecule has 1 N–H and O–H groups in total. The third-order valence-corrected chi connectivity index (χ3v) is 3.79. The summed E-state index contributed by atoms with van der Waals surface area (Å²) in [5.74, 6) is 0.0876. The van der Waals surface area contributed by atoms with Crippen LogP contribution in [0.3, 0.4) is 0 Å². The van der Waals surface area contributed by atoms with Crippen LogP contribution in [-0.4, -0.2) is 36.6 Å². The van der Waals surface area contributed by atoms with Crippen molar-refractivity contribution in [2.75, 3.05) is 20.1 Å². The summed E-state index contributed by atoms with van der Waals surface area (Å²) < 4.78 is 3.42. The van der Waals surface area contributed by atoms with Crippen LogP contribution >= 0.6 is 12.8 Å². The molecule has 1 fully saturated rings. The highest BCUT2D eigenvalue weighted by Crippen LogP contribution is 2.23. The molecule has 1 atom stereocenters. The second-order valence-corrected chi connectivity index (χ2v) is 4.99. The van der Waals surface area contributed by atoms with Crippen molar-refractivity contribution in [3.8, 4) is 0 Å². The topological polar surface area (TPSA) is 29.1 Å². The number of likely N-dealkylation sites (tertiary alicyclic amines) is 1. The van der Waals surface area contributed by atoms with Crippen LogP contribution in [0.15, 0.2) is 0 Å². The molecule has 0 aromatic heterocycles. The number of carbonyl (C=O) groups is 1. The first-order valence-corrected chi connectivity index (χ1v) is 6.37. The Morgan fingerprint density at radius 2 is 2.00 bits per heavy atom. The lowest BCUT2D eigenvalue weighted by Crippen LogP contribution is -2.59. The van der Waals surface area contributed by atoms with Gasteiger partial charge in [0, 0.05) is 6.42 Å². The smallest absolute Gasteiger partial charge is 0.287 e. The first kappa shape index (κ1) is 12.8. The van der Waals surface area contributed by atoms with Gasteiger partial charge in [0.1, 0.15) is 0 Å². The second-order valence-electron chi connectivity index (χ2n) is 4.77. The molecule has 0 aromatic carbocycles. The van der Waals surface area contributed by atoms with Crippen LogP contribution in [0.2, 0.25) is 0 Å². The molecule has 1 unspecified atom stereocenters. The van der Waals surface area contributed by atoms with Crippen molar-refractivity contribution in [1.82, 2.24) is 4.72 Å². The van der Waals surface area contributed by atoms with Gasteiger partial charge < -0.3 is 4.48 Å². The number of likely N-dealkylation sites (N-methyl/N-ethyl adjacent to an activating group) is 1. The van der Waals surface area contributed by atoms with Gasteiger partial charge in [0.15, 0.2) is 6.04 Å². The summed E-state index contributed by atoms with van der Waals surface area (Å²) in [7, 11) is 2.21. The zero-order valence-corrected chi connectivity index (χ0v) is 10.7. The Hall–Kier alpha value is -0.220. The standard InChI is InChI=1S/C11H22N2OS/c1-3-7-10(11(14)12-15)13(2)8-5-4-6-9-13/h10H,3-9H2,1-2H3,(H-,12,14,15)/p+1. The molecule has 0 aromatic rings. The number of carbonyl (C=O) groups excluding carboxylic acids is 1. The predicted octanol–water partition coefficient (Wildman–Crippen LogP) is 1.75. The summed E-state index contributed by atoms with van der Waals surface area (Å²) in [6, 6.07) is 0.0906. The fourth-order valence-corrected chi connectivity index (χ4v) is 2.77. The lowest BCUT2D eigenvalue weighted by Gasteiger charge is -2.43. The van der Waals surface area contributed by atoms with E-state index in [2.05, 4.69) is 31.5 Å². The molecule has 1 aliphatic rings. The Balaban J connectivity index is 2.71. The number of nitrogens with one attached hydrogen (secondary N) is 1. The van der Waals surface area contributed by atoms with Crippen molar-refractivity contribution in [2.45, 2.75) is 45.1 Å². The number of hydrogen-bond donors (Lipinski definition) is 2. The monoisotopic (exact) mass is 231 g/mol. The highest BCUT2D eigenvalue weighted by Gasteiger charge is 2.38. The van der Waals surface area contributed by atoms with Gasteiger partial charge in [-0.25, -0.2) is 0 Å². The van der Waals surface area contributed by atoms with E-state index in [4.69, 9.17) is 0 Å². The molecular formula is C11H23N2OS+. The van der Waals surface area contributed by atoms with Crippen molar-refractivity contribution in [2.24, 2.45) is 0 Å². The number of nitrogens with zero attached hydrogens (tertiary/aromatic N) is 1. The van der Waals surface area contributed by atoms with Gasteiger partial charge in [-0.2, -0.15) is 0 Å². The first-order chi connectivity index (χ1) is 7.14. The van der Waals surface area contributed by atoms with Crippen molar-refractivity contribution >= 4 is 18.7 Å². The fourth-order valence-electron chi connectivity index (χ4n) is 2.62. The molecule has 1 heterocycles. The molecule has 4 heteroatoms. The molecule has 0 spiro atoms. The summed E-state index contributed by atoms with van der Waals surface area (Å²) >= 11 is 3.89. The van der Waals surface area contributed by atoms with E-state index in [0.29, 0.717) is 0 Å². The Morgan fingerprint density at radius 1 is 1.40 bits per heavy atom. The molecule has 0 radical (unpaired) electrons. The van der Waals surface area contributed by atoms with E-state index in [1.54, 1.807) is 0 Å². The van der Waals surface area contributed by atoms with Crippen LogP contribution in [0, 0.1) is 0 Å². The number of thiol groups is 1. The summed E-state index contributed by atoms with van der Waals surface area (Å²) in [4.78, 5) is 11.8. The number of piperidine rings is 1. The van der Waals surface area contributed by atoms with Crippen molar-refractivity contribution < 1.29 is 9.28 Å². The van der Waals surface area contributed by atoms with Crippen LogP contribution in [0.5, 0.6) is 0 Å². The summed E-state index contributed by atoms with van der Waals surface area (Å²) in [5.41, 5.74) is 0. The molecule has 0 bridgehead atoms. The minimum absolute atomic E-state index is 0.0876. The third-order valence-electron chi connectivity index (χ3n) is 3.57. The SMILES string of the molecule is CCCC(C(=O)NS)[N+]1(C)CCCCC1. The van der Waals surface area contributed by atoms with E-state index >= 15 is 0 Å². The first-order valence-electron chi connectivity index (χ1n) is 5.92. The van der Waals surface area contributed by atoms with E-state index in [1.165, 1.54) is 19.3 Å². The van der Waals surface area contributed by atoms with Gasteiger partial charge in [-0.15, -0.1) is 0 Å². The largest absolute Gasteiger partial charge is 0.316 e. The maximum Gasteiger partial charge on any atom is 0.287 e. The zero-order valence-electron chi connectivity index (χ0n) is 9.83. The normalized spacial score (nSPS) is 22.1. The van der Waals surface area contributed by atoms with Crippen LogP contribution < -0.4 is 4.72 Å². The van der Waals surface area contributed by atoms with Crippen molar-refractivity contribution in [3.05, 3.63) is 0 Å². The van der Waals surface area contributed by atoms with Crippen LogP contribution in [0.1, 0.15) is 39.0 Å². The average Bonchev–Trinajstić information content (AvgIpc) is 2.25. The maximum atomic E-state index is 11.8. The van der Waals surface area contributed by atoms with E-state index in [-0.39, 0.29) is 11.9 Å². The van der Waals surface area contributed by atoms with Gasteiger partial charge in [-0.05, 0) is 25.7 Å². The second kappa shape index (κ2) is 5.75. The predicted molar refractivity (Wildman–Crippen MR) is 65.6 cm³/mol. The van der Waals surface area contributed by atoms with E-state index in [1.807, 2.05) is 0 Å². The Labute approximate surface area is 98.4 Å². The number of rotatable bonds is 4. The highest BCUT2D eigenvalue weighted by molar-refractivity contribution is 7.78. The third kappa shape index (κ3) is 3.11. The molecule has 0 aliphatic carbocycles. The molecular weight excluding hydrogens is 208 g/mol. The Morgan fingerprint density at radius 3 is 2.47 bits per heavy atom. The van der Waals surface area contributed by atoms with Crippen LogP contribution in [0.4, 0.5) is 0 Å². The Bertz CT molecular complexity index is 215. The van der Waals surface area contributed by atoms with E-state index in [0.717, 1.165) is 30.4 Å². The van der Waals surface area contributed by atoms with Crippen molar-refractivity contribution in [3.63, 3.8) is 0 Å². The minimum atomic E-state index is 0.0876. The van der Waals surface area contributed by atoms with Crippen LogP contribution in [-0.2, 0) is 4.79 Å². The minimum Gasteiger partial charge on any atom is -0.316 e. The van der Waals surface area contributed by atoms with Gasteiger partial charge in [0.25, 0.3) is 5.91 Å². The number of hydrogen-bond acceptors (Lipinski definition) is 2. The fraction of sp³-hybridized carbons (Fsp3) is 0.909. The quantitative estimate of drug-likeness (QED) is 0.560. The lowest BCUT2D eigenvalue weighted by atomic mass is 10.0. The van der Waals surface area contributed by atoms with Gasteiger partial charge in [0.05, 0.1) is 20.1 Å². The Kier molecular flexibility index (Phi) is 4.93. The average molecular weight is 231 g/mol. The lowest BCUT2D eigenvalue weighted by molar-refractivity contribution is -0.929. The summed E-state index contributed by atoms with van der Waals surface area (Å²) in [6.45, 7) is 4.40. The molecule has 1 saturated heterocycles.